The maximum Gasteiger partial charge on any atom is 0.325 e. The number of hydrogen-bond acceptors (Lipinski definition) is 2. The Morgan fingerprint density at radius 3 is 2.39 bits per heavy atom. The van der Waals surface area contributed by atoms with Crippen molar-refractivity contribution in [3.05, 3.63) is 35.9 Å². The Kier molecular flexibility index (Phi) is 3.71. The van der Waals surface area contributed by atoms with E-state index >= 15 is 0 Å². The molecule has 0 radical (unpaired) electrons. The molecule has 1 aliphatic carbocycles. The van der Waals surface area contributed by atoms with Crippen LogP contribution in [0.2, 0.25) is 0 Å². The van der Waals surface area contributed by atoms with Crippen molar-refractivity contribution in [1.29, 1.82) is 0 Å². The topological polar surface area (TPSA) is 49.3 Å². The van der Waals surface area contributed by atoms with Crippen molar-refractivity contribution in [1.82, 2.24) is 5.32 Å². The van der Waals surface area contributed by atoms with Crippen LogP contribution in [0.1, 0.15) is 38.3 Å². The van der Waals surface area contributed by atoms with E-state index in [1.165, 1.54) is 12.8 Å². The van der Waals surface area contributed by atoms with Crippen molar-refractivity contribution in [2.75, 3.05) is 6.54 Å². The summed E-state index contributed by atoms with van der Waals surface area (Å²) >= 11 is 0. The smallest absolute Gasteiger partial charge is 0.325 e. The molecule has 2 rings (SSSR count). The molecule has 0 bridgehead atoms. The summed E-state index contributed by atoms with van der Waals surface area (Å²) in [5, 5.41) is 12.5. The van der Waals surface area contributed by atoms with Crippen molar-refractivity contribution >= 4 is 5.97 Å². The number of aliphatic carboxylic acids is 1. The van der Waals surface area contributed by atoms with Gasteiger partial charge in [0.05, 0.1) is 0 Å². The highest BCUT2D eigenvalue weighted by Gasteiger charge is 2.45. The Labute approximate surface area is 108 Å². The molecule has 0 spiro atoms. The first kappa shape index (κ1) is 13.1. The third-order valence-corrected chi connectivity index (χ3v) is 4.16. The zero-order valence-corrected chi connectivity index (χ0v) is 11.0. The molecule has 0 aliphatic heterocycles. The fraction of sp³-hybridized carbons (Fsp3) is 0.533. The lowest BCUT2D eigenvalue weighted by molar-refractivity contribution is -0.139. The molecule has 3 nitrogen and oxygen atoms in total. The van der Waals surface area contributed by atoms with Crippen LogP contribution in [0.15, 0.2) is 30.3 Å². The number of benzene rings is 1. The molecule has 1 aliphatic rings. The van der Waals surface area contributed by atoms with E-state index in [-0.39, 0.29) is 0 Å². The summed E-state index contributed by atoms with van der Waals surface area (Å²) < 4.78 is 0. The highest BCUT2D eigenvalue weighted by molar-refractivity contribution is 5.75. The van der Waals surface area contributed by atoms with Crippen LogP contribution >= 0.6 is 0 Å². The van der Waals surface area contributed by atoms with Gasteiger partial charge in [0.25, 0.3) is 0 Å². The maximum atomic E-state index is 11.3. The van der Waals surface area contributed by atoms with Crippen LogP contribution in [-0.2, 0) is 4.79 Å². The van der Waals surface area contributed by atoms with Gasteiger partial charge in [0, 0.05) is 6.54 Å². The third kappa shape index (κ3) is 2.72. The van der Waals surface area contributed by atoms with E-state index in [9.17, 15) is 9.90 Å². The van der Waals surface area contributed by atoms with Crippen LogP contribution in [0.4, 0.5) is 0 Å². The molecule has 3 heteroatoms. The summed E-state index contributed by atoms with van der Waals surface area (Å²) in [4.78, 5) is 11.3. The fourth-order valence-electron chi connectivity index (χ4n) is 2.42. The molecule has 2 N–H and O–H groups in total. The molecule has 0 heterocycles. The molecular formula is C15H21NO2. The van der Waals surface area contributed by atoms with Crippen LogP contribution < -0.4 is 5.32 Å². The first-order valence-electron chi connectivity index (χ1n) is 6.56. The van der Waals surface area contributed by atoms with Crippen LogP contribution in [0.25, 0.3) is 0 Å². The highest BCUT2D eigenvalue weighted by atomic mass is 16.4. The Balaban J connectivity index is 2.02. The summed E-state index contributed by atoms with van der Waals surface area (Å²) in [7, 11) is 0. The van der Waals surface area contributed by atoms with Gasteiger partial charge >= 0.3 is 5.97 Å². The normalized spacial score (nSPS) is 18.6. The first-order chi connectivity index (χ1) is 8.55. The van der Waals surface area contributed by atoms with E-state index < -0.39 is 12.0 Å². The molecule has 1 atom stereocenters. The fourth-order valence-corrected chi connectivity index (χ4v) is 2.42. The number of carboxylic acids is 1. The Morgan fingerprint density at radius 1 is 1.33 bits per heavy atom. The van der Waals surface area contributed by atoms with Gasteiger partial charge in [-0.25, -0.2) is 0 Å². The van der Waals surface area contributed by atoms with Crippen molar-refractivity contribution in [2.24, 2.45) is 11.3 Å². The molecular weight excluding hydrogens is 226 g/mol. The van der Waals surface area contributed by atoms with Crippen molar-refractivity contribution in [2.45, 2.75) is 32.7 Å². The highest BCUT2D eigenvalue weighted by Crippen LogP contribution is 2.51. The zero-order valence-electron chi connectivity index (χ0n) is 11.0. The van der Waals surface area contributed by atoms with Gasteiger partial charge in [-0.1, -0.05) is 44.2 Å². The summed E-state index contributed by atoms with van der Waals surface area (Å²) in [6.07, 6.45) is 2.41. The van der Waals surface area contributed by atoms with Gasteiger partial charge in [-0.3, -0.25) is 4.79 Å². The lowest BCUT2D eigenvalue weighted by Gasteiger charge is -2.23. The molecule has 0 amide bonds. The second kappa shape index (κ2) is 5.11. The van der Waals surface area contributed by atoms with Gasteiger partial charge in [0.2, 0.25) is 0 Å². The van der Waals surface area contributed by atoms with E-state index in [2.05, 4.69) is 19.2 Å². The van der Waals surface area contributed by atoms with Gasteiger partial charge in [-0.05, 0) is 29.7 Å². The van der Waals surface area contributed by atoms with Crippen molar-refractivity contribution < 1.29 is 9.90 Å². The summed E-state index contributed by atoms with van der Waals surface area (Å²) in [5.74, 6) is -0.198. The SMILES string of the molecule is CC(C)C1(CNC(C(=O)O)c2ccccc2)CC1. The number of carboxylic acid groups (broad SMARTS) is 1. The van der Waals surface area contributed by atoms with Crippen LogP contribution in [0.5, 0.6) is 0 Å². The molecule has 98 valence electrons. The molecule has 0 saturated heterocycles. The molecule has 1 aromatic rings. The monoisotopic (exact) mass is 247 g/mol. The summed E-state index contributed by atoms with van der Waals surface area (Å²) in [5.41, 5.74) is 1.15. The van der Waals surface area contributed by atoms with E-state index in [4.69, 9.17) is 0 Å². The lowest BCUT2D eigenvalue weighted by Crippen LogP contribution is -2.35. The molecule has 1 saturated carbocycles. The van der Waals surface area contributed by atoms with Crippen LogP contribution in [0, 0.1) is 11.3 Å². The number of rotatable bonds is 6. The maximum absolute atomic E-state index is 11.3. The first-order valence-corrected chi connectivity index (χ1v) is 6.56. The third-order valence-electron chi connectivity index (χ3n) is 4.16. The largest absolute Gasteiger partial charge is 0.480 e. The predicted octanol–water partition coefficient (Wildman–Crippen LogP) is 2.84. The van der Waals surface area contributed by atoms with Gasteiger partial charge in [-0.2, -0.15) is 0 Å². The van der Waals surface area contributed by atoms with E-state index in [1.807, 2.05) is 30.3 Å². The number of carbonyl (C=O) groups is 1. The molecule has 0 aromatic heterocycles. The number of nitrogens with one attached hydrogen (secondary N) is 1. The summed E-state index contributed by atoms with van der Waals surface area (Å²) in [6.45, 7) is 5.22. The molecule has 18 heavy (non-hydrogen) atoms. The van der Waals surface area contributed by atoms with Gasteiger partial charge in [0.1, 0.15) is 6.04 Å². The Hall–Kier alpha value is -1.35. The van der Waals surface area contributed by atoms with Crippen molar-refractivity contribution in [3.8, 4) is 0 Å². The zero-order chi connectivity index (χ0) is 13.2. The van der Waals surface area contributed by atoms with Crippen LogP contribution in [0.3, 0.4) is 0 Å². The number of hydrogen-bond donors (Lipinski definition) is 2. The van der Waals surface area contributed by atoms with Gasteiger partial charge < -0.3 is 10.4 Å². The quantitative estimate of drug-likeness (QED) is 0.812. The second-order valence-electron chi connectivity index (χ2n) is 5.58. The average Bonchev–Trinajstić information content (AvgIpc) is 3.11. The van der Waals surface area contributed by atoms with Gasteiger partial charge in [0.15, 0.2) is 0 Å². The standard InChI is InChI=1S/C15H21NO2/c1-11(2)15(8-9-15)10-16-13(14(17)18)12-6-4-3-5-7-12/h3-7,11,13,16H,8-10H2,1-2H3,(H,17,18). The minimum atomic E-state index is -0.805. The van der Waals surface area contributed by atoms with Crippen molar-refractivity contribution in [3.63, 3.8) is 0 Å². The predicted molar refractivity (Wildman–Crippen MR) is 71.3 cm³/mol. The van der Waals surface area contributed by atoms with E-state index in [0.29, 0.717) is 11.3 Å². The molecule has 1 fully saturated rings. The lowest BCUT2D eigenvalue weighted by atomic mass is 9.92. The Morgan fingerprint density at radius 2 is 1.94 bits per heavy atom. The second-order valence-corrected chi connectivity index (χ2v) is 5.58. The summed E-state index contributed by atoms with van der Waals surface area (Å²) in [6, 6.07) is 8.78. The van der Waals surface area contributed by atoms with E-state index in [0.717, 1.165) is 12.1 Å². The van der Waals surface area contributed by atoms with E-state index in [1.54, 1.807) is 0 Å². The molecule has 1 unspecified atom stereocenters. The van der Waals surface area contributed by atoms with Gasteiger partial charge in [-0.15, -0.1) is 0 Å². The minimum Gasteiger partial charge on any atom is -0.480 e. The minimum absolute atomic E-state index is 0.322. The van der Waals surface area contributed by atoms with Crippen LogP contribution in [-0.4, -0.2) is 17.6 Å². The average molecular weight is 247 g/mol. The molecule has 1 aromatic carbocycles. The Bertz CT molecular complexity index is 410.